The molecule has 27 heavy (non-hydrogen) atoms. The minimum absolute atomic E-state index is 0.0135. The summed E-state index contributed by atoms with van der Waals surface area (Å²) in [6.45, 7) is 8.92. The molecule has 1 aliphatic carbocycles. The molecule has 0 bridgehead atoms. The van der Waals surface area contributed by atoms with Crippen LogP contribution in [0.1, 0.15) is 19.4 Å². The number of quaternary nitrogens is 1. The Balaban J connectivity index is 1.31. The van der Waals surface area contributed by atoms with E-state index in [1.807, 2.05) is 17.0 Å². The molecule has 4 rings (SSSR count). The van der Waals surface area contributed by atoms with Crippen LogP contribution in [0.4, 0.5) is 0 Å². The third kappa shape index (κ3) is 3.78. The molecule has 2 heterocycles. The number of fused-ring (bicyclic) bond motifs is 1. The van der Waals surface area contributed by atoms with E-state index in [0.29, 0.717) is 6.79 Å². The van der Waals surface area contributed by atoms with E-state index in [-0.39, 0.29) is 27.6 Å². The van der Waals surface area contributed by atoms with E-state index in [9.17, 15) is 4.79 Å². The zero-order valence-electron chi connectivity index (χ0n) is 15.6. The fourth-order valence-corrected chi connectivity index (χ4v) is 4.62. The fourth-order valence-electron chi connectivity index (χ4n) is 4.35. The Morgan fingerprint density at radius 3 is 2.67 bits per heavy atom. The second kappa shape index (κ2) is 7.19. The van der Waals surface area contributed by atoms with Crippen molar-refractivity contribution in [2.45, 2.75) is 20.4 Å². The van der Waals surface area contributed by atoms with E-state index >= 15 is 0 Å². The largest absolute Gasteiger partial charge is 0.454 e. The highest BCUT2D eigenvalue weighted by Gasteiger charge is 2.61. The molecule has 146 valence electrons. The molecule has 2 atom stereocenters. The van der Waals surface area contributed by atoms with Crippen LogP contribution in [0.2, 0.25) is 0 Å². The lowest BCUT2D eigenvalue weighted by molar-refractivity contribution is -0.917. The summed E-state index contributed by atoms with van der Waals surface area (Å²) in [5.74, 6) is 2.00. The summed E-state index contributed by atoms with van der Waals surface area (Å²) in [6, 6.07) is 6.13. The van der Waals surface area contributed by atoms with Gasteiger partial charge in [-0.1, -0.05) is 37.0 Å². The quantitative estimate of drug-likeness (QED) is 0.825. The van der Waals surface area contributed by atoms with Crippen molar-refractivity contribution < 1.29 is 19.2 Å². The molecule has 1 amide bonds. The lowest BCUT2D eigenvalue weighted by atomic mass is 10.1. The number of carbonyl (C=O) groups is 1. The Kier molecular flexibility index (Phi) is 5.04. The van der Waals surface area contributed by atoms with Gasteiger partial charge < -0.3 is 19.3 Å². The van der Waals surface area contributed by atoms with Crippen LogP contribution in [0.5, 0.6) is 11.5 Å². The number of hydrogen-bond acceptors (Lipinski definition) is 3. The molecule has 0 spiro atoms. The van der Waals surface area contributed by atoms with Gasteiger partial charge in [-0.05, 0) is 35.6 Å². The van der Waals surface area contributed by atoms with Gasteiger partial charge in [0.15, 0.2) is 11.5 Å². The number of piperazine rings is 1. The summed E-state index contributed by atoms with van der Waals surface area (Å²) in [7, 11) is 0. The summed E-state index contributed by atoms with van der Waals surface area (Å²) in [6.07, 6.45) is 1.81. The van der Waals surface area contributed by atoms with Crippen LogP contribution in [-0.2, 0) is 11.3 Å². The third-order valence-corrected chi connectivity index (χ3v) is 6.41. The van der Waals surface area contributed by atoms with Gasteiger partial charge in [-0.15, -0.1) is 0 Å². The fraction of sp³-hybridized carbons (Fsp3) is 0.550. The highest BCUT2D eigenvalue weighted by molar-refractivity contribution is 6.55. The lowest BCUT2D eigenvalue weighted by Crippen LogP contribution is -3.13. The minimum Gasteiger partial charge on any atom is -0.454 e. The number of benzene rings is 1. The number of allylic oxidation sites excluding steroid dienone is 1. The average Bonchev–Trinajstić information content (AvgIpc) is 2.96. The van der Waals surface area contributed by atoms with Crippen LogP contribution in [0.3, 0.4) is 0 Å². The highest BCUT2D eigenvalue weighted by Crippen LogP contribution is 2.60. The van der Waals surface area contributed by atoms with E-state index in [1.165, 1.54) is 10.5 Å². The molecule has 0 radical (unpaired) electrons. The van der Waals surface area contributed by atoms with Crippen molar-refractivity contribution >= 4 is 29.1 Å². The summed E-state index contributed by atoms with van der Waals surface area (Å²) in [4.78, 5) is 16.4. The van der Waals surface area contributed by atoms with E-state index in [0.717, 1.165) is 44.2 Å². The van der Waals surface area contributed by atoms with Crippen molar-refractivity contribution in [1.29, 1.82) is 0 Å². The zero-order valence-corrected chi connectivity index (χ0v) is 17.1. The Bertz CT molecular complexity index is 768. The SMILES string of the molecule is CC1(C)[C@@H](C=C(Cl)Cl)[C@@H]1C(=O)N1CC[NH+](Cc2ccc3c(c2)OCO3)CC1. The number of carbonyl (C=O) groups excluding carboxylic acids is 1. The van der Waals surface area contributed by atoms with Gasteiger partial charge in [-0.25, -0.2) is 0 Å². The van der Waals surface area contributed by atoms with Gasteiger partial charge in [0, 0.05) is 5.56 Å². The highest BCUT2D eigenvalue weighted by atomic mass is 35.5. The van der Waals surface area contributed by atoms with E-state index in [4.69, 9.17) is 32.7 Å². The van der Waals surface area contributed by atoms with Crippen molar-refractivity contribution in [3.05, 3.63) is 34.3 Å². The van der Waals surface area contributed by atoms with Gasteiger partial charge in [-0.2, -0.15) is 0 Å². The lowest BCUT2D eigenvalue weighted by Gasteiger charge is -2.32. The van der Waals surface area contributed by atoms with E-state index in [2.05, 4.69) is 26.0 Å². The van der Waals surface area contributed by atoms with Crippen molar-refractivity contribution in [2.24, 2.45) is 17.3 Å². The van der Waals surface area contributed by atoms with Crippen LogP contribution < -0.4 is 14.4 Å². The van der Waals surface area contributed by atoms with Crippen LogP contribution >= 0.6 is 23.2 Å². The molecule has 0 unspecified atom stereocenters. The van der Waals surface area contributed by atoms with Gasteiger partial charge in [0.25, 0.3) is 0 Å². The number of ether oxygens (including phenoxy) is 2. The third-order valence-electron chi connectivity index (χ3n) is 6.16. The second-order valence-corrected chi connectivity index (χ2v) is 9.23. The maximum atomic E-state index is 12.9. The predicted molar refractivity (Wildman–Crippen MR) is 104 cm³/mol. The maximum Gasteiger partial charge on any atom is 0.231 e. The summed E-state index contributed by atoms with van der Waals surface area (Å²) < 4.78 is 11.1. The summed E-state index contributed by atoms with van der Waals surface area (Å²) in [5.41, 5.74) is 1.17. The molecule has 0 aromatic heterocycles. The molecule has 7 heteroatoms. The van der Waals surface area contributed by atoms with Gasteiger partial charge in [0.05, 0.1) is 32.1 Å². The number of nitrogens with one attached hydrogen (secondary N) is 1. The number of hydrogen-bond donors (Lipinski definition) is 1. The molecule has 2 fully saturated rings. The molecule has 1 saturated heterocycles. The normalized spacial score (nSPS) is 26.0. The first-order valence-corrected chi connectivity index (χ1v) is 10.2. The Labute approximate surface area is 169 Å². The Hall–Kier alpha value is -1.43. The van der Waals surface area contributed by atoms with Crippen molar-refractivity contribution in [2.75, 3.05) is 33.0 Å². The van der Waals surface area contributed by atoms with E-state index < -0.39 is 0 Å². The molecular weight excluding hydrogens is 387 g/mol. The van der Waals surface area contributed by atoms with Gasteiger partial charge in [0.2, 0.25) is 12.7 Å². The topological polar surface area (TPSA) is 43.2 Å². The van der Waals surface area contributed by atoms with E-state index in [1.54, 1.807) is 0 Å². The van der Waals surface area contributed by atoms with Crippen LogP contribution in [0.15, 0.2) is 28.8 Å². The smallest absolute Gasteiger partial charge is 0.231 e. The molecule has 1 saturated carbocycles. The number of rotatable bonds is 4. The van der Waals surface area contributed by atoms with Gasteiger partial charge >= 0.3 is 0 Å². The van der Waals surface area contributed by atoms with Gasteiger partial charge in [-0.3, -0.25) is 4.79 Å². The summed E-state index contributed by atoms with van der Waals surface area (Å²) in [5, 5.41) is 0. The van der Waals surface area contributed by atoms with Crippen LogP contribution in [0, 0.1) is 17.3 Å². The first kappa shape index (κ1) is 18.9. The average molecular weight is 412 g/mol. The zero-order chi connectivity index (χ0) is 19.2. The maximum absolute atomic E-state index is 12.9. The Morgan fingerprint density at radius 2 is 1.96 bits per heavy atom. The minimum atomic E-state index is -0.0669. The molecular formula is C20H25Cl2N2O3+. The predicted octanol–water partition coefficient (Wildman–Crippen LogP) is 2.23. The molecule has 1 aromatic carbocycles. The molecule has 2 aliphatic heterocycles. The molecule has 3 aliphatic rings. The number of halogens is 2. The Morgan fingerprint density at radius 1 is 1.26 bits per heavy atom. The molecule has 1 N–H and O–H groups in total. The standard InChI is InChI=1S/C20H24Cl2N2O3/c1-20(2)14(10-17(21)22)18(20)19(25)24-7-5-23(6-8-24)11-13-3-4-15-16(9-13)27-12-26-15/h3-4,9-10,14,18H,5-8,11-12H2,1-2H3/p+1/t14-,18+/m0/s1. The number of amides is 1. The van der Waals surface area contributed by atoms with Crippen molar-refractivity contribution in [3.63, 3.8) is 0 Å². The molecule has 5 nitrogen and oxygen atoms in total. The summed E-state index contributed by atoms with van der Waals surface area (Å²) >= 11 is 11.6. The first-order chi connectivity index (χ1) is 12.9. The monoisotopic (exact) mass is 411 g/mol. The van der Waals surface area contributed by atoms with Gasteiger partial charge in [0.1, 0.15) is 11.0 Å². The van der Waals surface area contributed by atoms with Crippen LogP contribution in [-0.4, -0.2) is 43.8 Å². The number of nitrogens with zero attached hydrogens (tertiary/aromatic N) is 1. The second-order valence-electron chi connectivity index (χ2n) is 8.22. The van der Waals surface area contributed by atoms with Crippen LogP contribution in [0.25, 0.3) is 0 Å². The first-order valence-electron chi connectivity index (χ1n) is 9.40. The van der Waals surface area contributed by atoms with Crippen molar-refractivity contribution in [1.82, 2.24) is 4.90 Å². The molecule has 1 aromatic rings. The van der Waals surface area contributed by atoms with Crippen molar-refractivity contribution in [3.8, 4) is 11.5 Å².